The number of carbonyl (C=O) groups excluding carboxylic acids is 2. The van der Waals surface area contributed by atoms with Crippen molar-refractivity contribution in [1.29, 1.82) is 0 Å². The summed E-state index contributed by atoms with van der Waals surface area (Å²) in [6.45, 7) is 5.79. The number of nitrogens with one attached hydrogen (secondary N) is 1. The summed E-state index contributed by atoms with van der Waals surface area (Å²) in [5.74, 6) is -0.488. The fraction of sp³-hybridized carbons (Fsp3) is 0.250. The summed E-state index contributed by atoms with van der Waals surface area (Å²) < 4.78 is 25.3. The summed E-state index contributed by atoms with van der Waals surface area (Å²) >= 11 is 1.19. The molecule has 0 spiro atoms. The number of aromatic nitrogens is 2. The predicted octanol–water partition coefficient (Wildman–Crippen LogP) is 6.06. The van der Waals surface area contributed by atoms with Gasteiger partial charge in [0.1, 0.15) is 23.4 Å². The van der Waals surface area contributed by atoms with Crippen LogP contribution in [0.25, 0.3) is 0 Å². The topological polar surface area (TPSA) is 93.7 Å². The minimum absolute atomic E-state index is 0.0280. The van der Waals surface area contributed by atoms with Crippen LogP contribution in [0, 0.1) is 26.6 Å². The van der Waals surface area contributed by atoms with E-state index in [0.717, 1.165) is 22.5 Å². The molecule has 0 aliphatic carbocycles. The number of rotatable bonds is 11. The fourth-order valence-corrected chi connectivity index (χ4v) is 5.35. The Morgan fingerprint density at radius 1 is 0.929 bits per heavy atom. The molecule has 4 rings (SSSR count). The van der Waals surface area contributed by atoms with Crippen LogP contribution in [0.15, 0.2) is 78.0 Å². The number of amides is 2. The largest absolute Gasteiger partial charge is 0.497 e. The maximum Gasteiger partial charge on any atom is 0.251 e. The number of methoxy groups -OCH3 is 2. The molecule has 8 nitrogen and oxygen atoms in total. The second-order valence-electron chi connectivity index (χ2n) is 9.68. The first-order valence-electron chi connectivity index (χ1n) is 13.3. The molecule has 0 fully saturated rings. The Labute approximate surface area is 249 Å². The summed E-state index contributed by atoms with van der Waals surface area (Å²) in [6.07, 6.45) is 0. The predicted molar refractivity (Wildman–Crippen MR) is 161 cm³/mol. The van der Waals surface area contributed by atoms with Gasteiger partial charge in [-0.05, 0) is 67.8 Å². The molecule has 0 bridgehead atoms. The number of aryl methyl sites for hydroxylation is 3. The van der Waals surface area contributed by atoms with E-state index in [4.69, 9.17) is 9.47 Å². The minimum Gasteiger partial charge on any atom is -0.497 e. The Balaban J connectivity index is 1.74. The second kappa shape index (κ2) is 14.0. The zero-order chi connectivity index (χ0) is 30.2. The number of hydrogen-bond donors (Lipinski definition) is 1. The maximum atomic E-state index is 14.5. The smallest absolute Gasteiger partial charge is 0.251 e. The van der Waals surface area contributed by atoms with Gasteiger partial charge in [0, 0.05) is 24.0 Å². The van der Waals surface area contributed by atoms with E-state index in [1.807, 2.05) is 51.1 Å². The molecule has 10 heteroatoms. The molecule has 0 radical (unpaired) electrons. The van der Waals surface area contributed by atoms with E-state index < -0.39 is 17.8 Å². The Bertz CT molecular complexity index is 1560. The van der Waals surface area contributed by atoms with Gasteiger partial charge in [0.15, 0.2) is 5.16 Å². The van der Waals surface area contributed by atoms with Crippen molar-refractivity contribution in [1.82, 2.24) is 14.9 Å². The SMILES string of the molecule is COc1ccc(NC(=O)C(c2cccc(F)c2)N(Cc2ccccc2C)C(=O)CSc2nc(C)cc(C)n2)c(OC)c1. The highest BCUT2D eigenvalue weighted by molar-refractivity contribution is 7.99. The number of halogens is 1. The van der Waals surface area contributed by atoms with Crippen molar-refractivity contribution >= 4 is 29.3 Å². The molecule has 42 heavy (non-hydrogen) atoms. The molecular formula is C32H33FN4O4S. The van der Waals surface area contributed by atoms with Crippen LogP contribution >= 0.6 is 11.8 Å². The standard InChI is InChI=1S/C32H33FN4O4S/c1-20-9-6-7-10-24(20)18-37(29(38)19-42-32-34-21(2)15-22(3)35-32)30(23-11-8-12-25(33)16-23)31(39)36-27-14-13-26(40-4)17-28(27)41-5/h6-17,30H,18-19H2,1-5H3,(H,36,39). The molecule has 1 N–H and O–H groups in total. The van der Waals surface area contributed by atoms with E-state index in [1.54, 1.807) is 24.3 Å². The number of benzene rings is 3. The number of thioether (sulfide) groups is 1. The Hall–Kier alpha value is -4.44. The quantitative estimate of drug-likeness (QED) is 0.168. The molecule has 1 atom stereocenters. The number of carbonyl (C=O) groups is 2. The van der Waals surface area contributed by atoms with E-state index in [1.165, 1.54) is 49.1 Å². The lowest BCUT2D eigenvalue weighted by atomic mass is 10.0. The average Bonchev–Trinajstić information content (AvgIpc) is 2.96. The lowest BCUT2D eigenvalue weighted by Crippen LogP contribution is -2.42. The summed E-state index contributed by atoms with van der Waals surface area (Å²) in [6, 6.07) is 19.0. The number of ether oxygens (including phenoxy) is 2. The molecule has 3 aromatic carbocycles. The molecule has 0 saturated carbocycles. The highest BCUT2D eigenvalue weighted by Gasteiger charge is 2.33. The molecule has 1 aromatic heterocycles. The van der Waals surface area contributed by atoms with Gasteiger partial charge in [-0.3, -0.25) is 9.59 Å². The van der Waals surface area contributed by atoms with Crippen LogP contribution < -0.4 is 14.8 Å². The van der Waals surface area contributed by atoms with Gasteiger partial charge in [0.05, 0.1) is 25.7 Å². The van der Waals surface area contributed by atoms with E-state index in [2.05, 4.69) is 15.3 Å². The Kier molecular flexibility index (Phi) is 10.1. The number of nitrogens with zero attached hydrogens (tertiary/aromatic N) is 3. The van der Waals surface area contributed by atoms with Crippen LogP contribution in [0.4, 0.5) is 10.1 Å². The first-order chi connectivity index (χ1) is 20.2. The van der Waals surface area contributed by atoms with E-state index in [0.29, 0.717) is 27.9 Å². The summed E-state index contributed by atoms with van der Waals surface area (Å²) in [4.78, 5) is 38.4. The lowest BCUT2D eigenvalue weighted by Gasteiger charge is -2.32. The molecular weight excluding hydrogens is 555 g/mol. The maximum absolute atomic E-state index is 14.5. The zero-order valence-corrected chi connectivity index (χ0v) is 25.0. The third-order valence-corrected chi connectivity index (χ3v) is 7.43. The summed E-state index contributed by atoms with van der Waals surface area (Å²) in [5, 5.41) is 3.35. The van der Waals surface area contributed by atoms with Crippen LogP contribution in [-0.4, -0.2) is 46.7 Å². The first kappa shape index (κ1) is 30.5. The number of hydrogen-bond acceptors (Lipinski definition) is 7. The van der Waals surface area contributed by atoms with Gasteiger partial charge in [-0.15, -0.1) is 0 Å². The summed E-state index contributed by atoms with van der Waals surface area (Å²) in [7, 11) is 3.01. The molecule has 1 heterocycles. The van der Waals surface area contributed by atoms with Crippen molar-refractivity contribution in [2.45, 2.75) is 38.5 Å². The van der Waals surface area contributed by atoms with Gasteiger partial charge in [0.25, 0.3) is 5.91 Å². The Morgan fingerprint density at radius 2 is 1.67 bits per heavy atom. The van der Waals surface area contributed by atoms with E-state index >= 15 is 0 Å². The van der Waals surface area contributed by atoms with Crippen molar-refractivity contribution in [3.05, 3.63) is 107 Å². The third-order valence-electron chi connectivity index (χ3n) is 6.60. The van der Waals surface area contributed by atoms with Crippen molar-refractivity contribution in [3.63, 3.8) is 0 Å². The zero-order valence-electron chi connectivity index (χ0n) is 24.2. The van der Waals surface area contributed by atoms with Crippen molar-refractivity contribution in [2.24, 2.45) is 0 Å². The third kappa shape index (κ3) is 7.64. The molecule has 4 aromatic rings. The lowest BCUT2D eigenvalue weighted by molar-refractivity contribution is -0.137. The monoisotopic (exact) mass is 588 g/mol. The van der Waals surface area contributed by atoms with E-state index in [9.17, 15) is 14.0 Å². The van der Waals surface area contributed by atoms with Gasteiger partial charge in [-0.25, -0.2) is 14.4 Å². The molecule has 218 valence electrons. The molecule has 1 unspecified atom stereocenters. The van der Waals surface area contributed by atoms with Crippen molar-refractivity contribution < 1.29 is 23.5 Å². The molecule has 0 aliphatic rings. The van der Waals surface area contributed by atoms with Gasteiger partial charge < -0.3 is 19.7 Å². The molecule has 2 amide bonds. The van der Waals surface area contributed by atoms with Gasteiger partial charge in [-0.2, -0.15) is 0 Å². The Morgan fingerprint density at radius 3 is 2.33 bits per heavy atom. The van der Waals surface area contributed by atoms with Gasteiger partial charge in [-0.1, -0.05) is 48.2 Å². The number of anilines is 1. The van der Waals surface area contributed by atoms with Crippen LogP contribution in [-0.2, 0) is 16.1 Å². The summed E-state index contributed by atoms with van der Waals surface area (Å²) in [5.41, 5.74) is 4.10. The van der Waals surface area contributed by atoms with Crippen LogP contribution in [0.2, 0.25) is 0 Å². The highest BCUT2D eigenvalue weighted by Crippen LogP contribution is 2.32. The van der Waals surface area contributed by atoms with Crippen molar-refractivity contribution in [3.8, 4) is 11.5 Å². The van der Waals surface area contributed by atoms with E-state index in [-0.39, 0.29) is 18.2 Å². The fourth-order valence-electron chi connectivity index (χ4n) is 4.51. The van der Waals surface area contributed by atoms with Crippen LogP contribution in [0.5, 0.6) is 11.5 Å². The van der Waals surface area contributed by atoms with Gasteiger partial charge in [0.2, 0.25) is 5.91 Å². The second-order valence-corrected chi connectivity index (χ2v) is 10.6. The van der Waals surface area contributed by atoms with Crippen LogP contribution in [0.1, 0.15) is 34.1 Å². The first-order valence-corrected chi connectivity index (χ1v) is 14.2. The highest BCUT2D eigenvalue weighted by atomic mass is 32.2. The molecule has 0 aliphatic heterocycles. The van der Waals surface area contributed by atoms with Crippen molar-refractivity contribution in [2.75, 3.05) is 25.3 Å². The van der Waals surface area contributed by atoms with Crippen LogP contribution in [0.3, 0.4) is 0 Å². The normalized spacial score (nSPS) is 11.5. The molecule has 0 saturated heterocycles. The average molecular weight is 589 g/mol. The minimum atomic E-state index is -1.17. The van der Waals surface area contributed by atoms with Gasteiger partial charge >= 0.3 is 0 Å².